The second kappa shape index (κ2) is 7.11. The van der Waals surface area contributed by atoms with E-state index in [0.717, 1.165) is 5.56 Å². The van der Waals surface area contributed by atoms with Gasteiger partial charge in [0.2, 0.25) is 0 Å². The van der Waals surface area contributed by atoms with Crippen LogP contribution in [0.5, 0.6) is 11.5 Å². The van der Waals surface area contributed by atoms with Crippen molar-refractivity contribution in [2.75, 3.05) is 6.61 Å². The van der Waals surface area contributed by atoms with Crippen LogP contribution in [-0.2, 0) is 6.42 Å². The van der Waals surface area contributed by atoms with Crippen LogP contribution in [0.1, 0.15) is 24.1 Å². The van der Waals surface area contributed by atoms with E-state index in [4.69, 9.17) is 10.5 Å². The van der Waals surface area contributed by atoms with E-state index in [1.165, 1.54) is 0 Å². The molecule has 0 unspecified atom stereocenters. The molecule has 0 aliphatic rings. The van der Waals surface area contributed by atoms with Crippen molar-refractivity contribution in [2.24, 2.45) is 5.73 Å². The van der Waals surface area contributed by atoms with Gasteiger partial charge in [-0.3, -0.25) is 0 Å². The third-order valence-corrected chi connectivity index (χ3v) is 3.39. The Morgan fingerprint density at radius 2 is 1.81 bits per heavy atom. The molecule has 2 atom stereocenters. The first-order valence-electron chi connectivity index (χ1n) is 7.05. The lowest BCUT2D eigenvalue weighted by molar-refractivity contribution is 0.143. The third-order valence-electron chi connectivity index (χ3n) is 3.39. The Bertz CT molecular complexity index is 572. The van der Waals surface area contributed by atoms with Gasteiger partial charge in [-0.15, -0.1) is 0 Å². The number of para-hydroxylation sites is 1. The van der Waals surface area contributed by atoms with E-state index in [1.54, 1.807) is 18.2 Å². The summed E-state index contributed by atoms with van der Waals surface area (Å²) in [5.41, 5.74) is 7.58. The van der Waals surface area contributed by atoms with Gasteiger partial charge in [-0.2, -0.15) is 0 Å². The van der Waals surface area contributed by atoms with Crippen LogP contribution >= 0.6 is 0 Å². The second-order valence-corrected chi connectivity index (χ2v) is 4.91. The minimum absolute atomic E-state index is 0.000961. The number of aliphatic hydroxyl groups excluding tert-OH is 1. The van der Waals surface area contributed by atoms with Gasteiger partial charge in [0.25, 0.3) is 0 Å². The molecular weight excluding hydrogens is 266 g/mol. The molecule has 0 spiro atoms. The molecule has 0 radical (unpaired) electrons. The normalized spacial score (nSPS) is 13.7. The summed E-state index contributed by atoms with van der Waals surface area (Å²) in [6.07, 6.45) is -0.351. The topological polar surface area (TPSA) is 75.7 Å². The average Bonchev–Trinajstić information content (AvgIpc) is 2.50. The lowest BCUT2D eigenvalue weighted by atomic mass is 9.96. The molecule has 0 amide bonds. The molecular formula is C17H21NO3. The molecule has 2 aromatic rings. The monoisotopic (exact) mass is 287 g/mol. The van der Waals surface area contributed by atoms with Crippen molar-refractivity contribution < 1.29 is 14.9 Å². The number of ether oxygens (including phenoxy) is 1. The first-order valence-corrected chi connectivity index (χ1v) is 7.05. The van der Waals surface area contributed by atoms with Gasteiger partial charge in [0.15, 0.2) is 11.5 Å². The summed E-state index contributed by atoms with van der Waals surface area (Å²) in [5, 5.41) is 20.5. The van der Waals surface area contributed by atoms with Crippen LogP contribution in [0.2, 0.25) is 0 Å². The standard InChI is InChI=1S/C17H21NO3/c1-2-21-15-10-6-9-13(17(15)20)16(18)14(19)11-12-7-4-3-5-8-12/h3-10,14,16,19-20H,2,11,18H2,1H3/t14-,16+/m0/s1. The molecule has 0 aliphatic carbocycles. The smallest absolute Gasteiger partial charge is 0.162 e. The van der Waals surface area contributed by atoms with Gasteiger partial charge in [-0.05, 0) is 18.6 Å². The van der Waals surface area contributed by atoms with Gasteiger partial charge >= 0.3 is 0 Å². The maximum absolute atomic E-state index is 10.3. The molecule has 0 saturated heterocycles. The quantitative estimate of drug-likeness (QED) is 0.762. The summed E-state index contributed by atoms with van der Waals surface area (Å²) in [6.45, 7) is 2.30. The molecule has 4 heteroatoms. The van der Waals surface area contributed by atoms with E-state index in [0.29, 0.717) is 24.3 Å². The van der Waals surface area contributed by atoms with Crippen molar-refractivity contribution in [2.45, 2.75) is 25.5 Å². The van der Waals surface area contributed by atoms with Crippen molar-refractivity contribution in [3.05, 3.63) is 59.7 Å². The Labute approximate surface area is 124 Å². The number of phenolic OH excluding ortho intramolecular Hbond substituents is 1. The highest BCUT2D eigenvalue weighted by atomic mass is 16.5. The molecule has 0 aromatic heterocycles. The molecule has 0 fully saturated rings. The van der Waals surface area contributed by atoms with E-state index in [-0.39, 0.29) is 5.75 Å². The maximum atomic E-state index is 10.3. The first kappa shape index (κ1) is 15.4. The number of benzene rings is 2. The van der Waals surface area contributed by atoms with Crippen LogP contribution in [0.3, 0.4) is 0 Å². The van der Waals surface area contributed by atoms with E-state index < -0.39 is 12.1 Å². The molecule has 0 bridgehead atoms. The predicted molar refractivity (Wildman–Crippen MR) is 82.4 cm³/mol. The van der Waals surface area contributed by atoms with Crippen molar-refractivity contribution in [3.63, 3.8) is 0 Å². The van der Waals surface area contributed by atoms with E-state index in [9.17, 15) is 10.2 Å². The molecule has 112 valence electrons. The average molecular weight is 287 g/mol. The number of aliphatic hydroxyl groups is 1. The summed E-state index contributed by atoms with van der Waals surface area (Å²) in [5.74, 6) is 0.385. The highest BCUT2D eigenvalue weighted by Crippen LogP contribution is 2.34. The van der Waals surface area contributed by atoms with Crippen molar-refractivity contribution in [1.82, 2.24) is 0 Å². The van der Waals surface area contributed by atoms with Gasteiger partial charge in [0.05, 0.1) is 18.8 Å². The van der Waals surface area contributed by atoms with Crippen LogP contribution in [0.4, 0.5) is 0 Å². The number of phenols is 1. The Kier molecular flexibility index (Phi) is 5.20. The summed E-state index contributed by atoms with van der Waals surface area (Å²) >= 11 is 0. The molecule has 0 aliphatic heterocycles. The van der Waals surface area contributed by atoms with Crippen LogP contribution in [0.25, 0.3) is 0 Å². The Morgan fingerprint density at radius 1 is 1.10 bits per heavy atom. The molecule has 4 N–H and O–H groups in total. The van der Waals surface area contributed by atoms with Crippen LogP contribution in [0, 0.1) is 0 Å². The number of hydrogen-bond donors (Lipinski definition) is 3. The summed E-state index contributed by atoms with van der Waals surface area (Å²) in [4.78, 5) is 0. The van der Waals surface area contributed by atoms with Crippen LogP contribution < -0.4 is 10.5 Å². The largest absolute Gasteiger partial charge is 0.504 e. The fraction of sp³-hybridized carbons (Fsp3) is 0.294. The molecule has 0 saturated carbocycles. The third kappa shape index (κ3) is 3.74. The molecule has 2 aromatic carbocycles. The highest BCUT2D eigenvalue weighted by molar-refractivity contribution is 5.47. The summed E-state index contributed by atoms with van der Waals surface area (Å²) < 4.78 is 5.34. The molecule has 2 rings (SSSR count). The lowest BCUT2D eigenvalue weighted by Gasteiger charge is -2.21. The number of nitrogens with two attached hydrogens (primary N) is 1. The summed E-state index contributed by atoms with van der Waals surface area (Å²) in [6, 6.07) is 14.1. The SMILES string of the molecule is CCOc1cccc([C@@H](N)[C@@H](O)Cc2ccccc2)c1O. The summed E-state index contributed by atoms with van der Waals surface area (Å²) in [7, 11) is 0. The zero-order valence-corrected chi connectivity index (χ0v) is 12.1. The van der Waals surface area contributed by atoms with Gasteiger partial charge < -0.3 is 20.7 Å². The molecule has 0 heterocycles. The van der Waals surface area contributed by atoms with Gasteiger partial charge in [-0.1, -0.05) is 42.5 Å². The Morgan fingerprint density at radius 3 is 2.48 bits per heavy atom. The van der Waals surface area contributed by atoms with E-state index in [2.05, 4.69) is 0 Å². The van der Waals surface area contributed by atoms with E-state index >= 15 is 0 Å². The zero-order valence-electron chi connectivity index (χ0n) is 12.1. The number of rotatable bonds is 6. The Hall–Kier alpha value is -2.04. The highest BCUT2D eigenvalue weighted by Gasteiger charge is 2.22. The lowest BCUT2D eigenvalue weighted by Crippen LogP contribution is -2.28. The Balaban J connectivity index is 2.15. The molecule has 4 nitrogen and oxygen atoms in total. The van der Waals surface area contributed by atoms with Crippen molar-refractivity contribution in [1.29, 1.82) is 0 Å². The van der Waals surface area contributed by atoms with Gasteiger partial charge in [0.1, 0.15) is 0 Å². The zero-order chi connectivity index (χ0) is 15.2. The van der Waals surface area contributed by atoms with E-state index in [1.807, 2.05) is 37.3 Å². The molecule has 21 heavy (non-hydrogen) atoms. The van der Waals surface area contributed by atoms with Gasteiger partial charge in [0, 0.05) is 12.0 Å². The maximum Gasteiger partial charge on any atom is 0.162 e. The van der Waals surface area contributed by atoms with Gasteiger partial charge in [-0.25, -0.2) is 0 Å². The predicted octanol–water partition coefficient (Wildman–Crippen LogP) is 2.39. The van der Waals surface area contributed by atoms with Crippen LogP contribution in [-0.4, -0.2) is 22.9 Å². The number of aromatic hydroxyl groups is 1. The minimum atomic E-state index is -0.782. The van der Waals surface area contributed by atoms with Crippen molar-refractivity contribution >= 4 is 0 Å². The first-order chi connectivity index (χ1) is 10.1. The fourth-order valence-electron chi connectivity index (χ4n) is 2.27. The number of hydrogen-bond acceptors (Lipinski definition) is 4. The van der Waals surface area contributed by atoms with Crippen molar-refractivity contribution in [3.8, 4) is 11.5 Å². The fourth-order valence-corrected chi connectivity index (χ4v) is 2.27. The van der Waals surface area contributed by atoms with Crippen LogP contribution in [0.15, 0.2) is 48.5 Å². The minimum Gasteiger partial charge on any atom is -0.504 e. The second-order valence-electron chi connectivity index (χ2n) is 4.91.